The molecule has 1 aliphatic rings. The molecule has 1 aliphatic heterocycles. The van der Waals surface area contributed by atoms with Gasteiger partial charge < -0.3 is 9.84 Å². The maximum atomic E-state index is 10.2. The molecular formula is C20H34O2. The number of hydrogen-bond acceptors (Lipinski definition) is 2. The summed E-state index contributed by atoms with van der Waals surface area (Å²) >= 11 is 0. The van der Waals surface area contributed by atoms with Crippen molar-refractivity contribution in [2.75, 3.05) is 6.61 Å². The van der Waals surface area contributed by atoms with Crippen LogP contribution in [0.1, 0.15) is 73.1 Å². The fourth-order valence-electron chi connectivity index (χ4n) is 2.52. The molecule has 0 aliphatic carbocycles. The lowest BCUT2D eigenvalue weighted by molar-refractivity contribution is 0.0225. The largest absolute Gasteiger partial charge is 0.387 e. The van der Waals surface area contributed by atoms with Gasteiger partial charge in [0.25, 0.3) is 0 Å². The first-order valence-electron chi connectivity index (χ1n) is 8.60. The Kier molecular flexibility index (Phi) is 8.13. The Balaban J connectivity index is 2.19. The average Bonchev–Trinajstić information content (AvgIpc) is 3.22. The van der Waals surface area contributed by atoms with Crippen molar-refractivity contribution in [2.45, 2.75) is 84.8 Å². The second-order valence-corrected chi connectivity index (χ2v) is 7.18. The third kappa shape index (κ3) is 8.55. The summed E-state index contributed by atoms with van der Waals surface area (Å²) < 4.78 is 5.19. The smallest absolute Gasteiger partial charge is 0.109 e. The summed E-state index contributed by atoms with van der Waals surface area (Å²) in [6.45, 7) is 11.3. The molecule has 2 nitrogen and oxygen atoms in total. The predicted molar refractivity (Wildman–Crippen MR) is 95.0 cm³/mol. The van der Waals surface area contributed by atoms with E-state index in [0.717, 1.165) is 38.5 Å². The molecular weight excluding hydrogens is 272 g/mol. The van der Waals surface area contributed by atoms with Crippen molar-refractivity contribution in [1.29, 1.82) is 0 Å². The highest BCUT2D eigenvalue weighted by Crippen LogP contribution is 2.28. The highest BCUT2D eigenvalue weighted by atomic mass is 16.6. The third-order valence-corrected chi connectivity index (χ3v) is 4.29. The Morgan fingerprint density at radius 2 is 1.50 bits per heavy atom. The van der Waals surface area contributed by atoms with Gasteiger partial charge in [-0.05, 0) is 73.1 Å². The van der Waals surface area contributed by atoms with Gasteiger partial charge in [-0.1, -0.05) is 34.9 Å². The van der Waals surface area contributed by atoms with Crippen molar-refractivity contribution in [1.82, 2.24) is 0 Å². The normalized spacial score (nSPS) is 21.5. The van der Waals surface area contributed by atoms with Crippen LogP contribution in [0.5, 0.6) is 0 Å². The van der Waals surface area contributed by atoms with E-state index in [1.165, 1.54) is 16.7 Å². The van der Waals surface area contributed by atoms with E-state index in [4.69, 9.17) is 4.74 Å². The van der Waals surface area contributed by atoms with E-state index in [1.807, 2.05) is 6.92 Å². The van der Waals surface area contributed by atoms with Crippen molar-refractivity contribution in [3.8, 4) is 0 Å². The molecule has 0 bridgehead atoms. The highest BCUT2D eigenvalue weighted by molar-refractivity contribution is 5.06. The number of hydrogen-bond donors (Lipinski definition) is 1. The Bertz CT molecular complexity index is 419. The van der Waals surface area contributed by atoms with Gasteiger partial charge in [0.05, 0.1) is 12.2 Å². The first-order valence-corrected chi connectivity index (χ1v) is 8.60. The van der Waals surface area contributed by atoms with E-state index in [9.17, 15) is 5.11 Å². The number of ether oxygens (including phenoxy) is 1. The van der Waals surface area contributed by atoms with Gasteiger partial charge in [0.15, 0.2) is 0 Å². The highest BCUT2D eigenvalue weighted by Gasteiger charge is 2.40. The van der Waals surface area contributed by atoms with Gasteiger partial charge in [0.1, 0.15) is 6.10 Å². The van der Waals surface area contributed by atoms with E-state index in [-0.39, 0.29) is 6.10 Å². The standard InChI is InChI=1S/C20H34O2/c1-16(2)9-6-10-17(3)11-7-12-18(4)13-8-14-20(5,21)19-15-22-19/h9,11,13,19,21H,6-8,10,12,14-15H2,1-5H3. The van der Waals surface area contributed by atoms with Gasteiger partial charge in [0.2, 0.25) is 0 Å². The summed E-state index contributed by atoms with van der Waals surface area (Å²) in [5.74, 6) is 0. The Labute approximate surface area is 137 Å². The lowest BCUT2D eigenvalue weighted by Gasteiger charge is -2.19. The number of aliphatic hydroxyl groups is 1. The molecule has 0 aromatic heterocycles. The van der Waals surface area contributed by atoms with Crippen LogP contribution in [0.15, 0.2) is 34.9 Å². The van der Waals surface area contributed by atoms with Crippen molar-refractivity contribution in [2.24, 2.45) is 0 Å². The molecule has 22 heavy (non-hydrogen) atoms. The molecule has 2 heteroatoms. The Morgan fingerprint density at radius 1 is 1.00 bits per heavy atom. The van der Waals surface area contributed by atoms with Gasteiger partial charge >= 0.3 is 0 Å². The van der Waals surface area contributed by atoms with Gasteiger partial charge in [-0.15, -0.1) is 0 Å². The molecule has 0 spiro atoms. The summed E-state index contributed by atoms with van der Waals surface area (Å²) in [4.78, 5) is 0. The number of epoxide rings is 1. The molecule has 1 saturated heterocycles. The molecule has 1 rings (SSSR count). The molecule has 0 radical (unpaired) electrons. The lowest BCUT2D eigenvalue weighted by Crippen LogP contribution is -2.30. The Hall–Kier alpha value is -0.860. The quantitative estimate of drug-likeness (QED) is 0.437. The topological polar surface area (TPSA) is 32.8 Å². The summed E-state index contributed by atoms with van der Waals surface area (Å²) in [5.41, 5.74) is 3.65. The molecule has 0 aromatic rings. The van der Waals surface area contributed by atoms with Crippen LogP contribution < -0.4 is 0 Å². The first-order chi connectivity index (χ1) is 10.3. The maximum absolute atomic E-state index is 10.2. The van der Waals surface area contributed by atoms with E-state index in [0.29, 0.717) is 6.61 Å². The monoisotopic (exact) mass is 306 g/mol. The van der Waals surface area contributed by atoms with Crippen LogP contribution in [0.2, 0.25) is 0 Å². The fourth-order valence-corrected chi connectivity index (χ4v) is 2.52. The number of rotatable bonds is 10. The first kappa shape index (κ1) is 19.2. The molecule has 126 valence electrons. The second-order valence-electron chi connectivity index (χ2n) is 7.18. The van der Waals surface area contributed by atoms with E-state index < -0.39 is 5.60 Å². The van der Waals surface area contributed by atoms with Crippen LogP contribution in [0, 0.1) is 0 Å². The van der Waals surface area contributed by atoms with E-state index in [2.05, 4.69) is 45.9 Å². The van der Waals surface area contributed by atoms with Crippen LogP contribution in [-0.2, 0) is 4.74 Å². The zero-order valence-electron chi connectivity index (χ0n) is 15.1. The van der Waals surface area contributed by atoms with Crippen LogP contribution >= 0.6 is 0 Å². The molecule has 1 N–H and O–H groups in total. The molecule has 2 unspecified atom stereocenters. The summed E-state index contributed by atoms with van der Waals surface area (Å²) in [7, 11) is 0. The zero-order chi connectivity index (χ0) is 16.6. The van der Waals surface area contributed by atoms with Crippen molar-refractivity contribution < 1.29 is 9.84 Å². The van der Waals surface area contributed by atoms with Crippen LogP contribution in [-0.4, -0.2) is 23.4 Å². The minimum atomic E-state index is -0.655. The van der Waals surface area contributed by atoms with E-state index in [1.54, 1.807) is 0 Å². The van der Waals surface area contributed by atoms with Crippen LogP contribution in [0.3, 0.4) is 0 Å². The van der Waals surface area contributed by atoms with Gasteiger partial charge in [-0.2, -0.15) is 0 Å². The van der Waals surface area contributed by atoms with Crippen molar-refractivity contribution in [3.05, 3.63) is 34.9 Å². The van der Waals surface area contributed by atoms with Crippen LogP contribution in [0.4, 0.5) is 0 Å². The predicted octanol–water partition coefficient (Wildman–Crippen LogP) is 5.34. The molecule has 2 atom stereocenters. The van der Waals surface area contributed by atoms with Gasteiger partial charge in [-0.25, -0.2) is 0 Å². The molecule has 1 fully saturated rings. The summed E-state index contributed by atoms with van der Waals surface area (Å²) in [6.07, 6.45) is 13.3. The summed E-state index contributed by atoms with van der Waals surface area (Å²) in [5, 5.41) is 10.2. The minimum absolute atomic E-state index is 0.0626. The Morgan fingerprint density at radius 3 is 2.00 bits per heavy atom. The average molecular weight is 306 g/mol. The zero-order valence-corrected chi connectivity index (χ0v) is 15.1. The fraction of sp³-hybridized carbons (Fsp3) is 0.700. The maximum Gasteiger partial charge on any atom is 0.109 e. The summed E-state index contributed by atoms with van der Waals surface area (Å²) in [6, 6.07) is 0. The van der Waals surface area contributed by atoms with Gasteiger partial charge in [0, 0.05) is 0 Å². The molecule has 1 heterocycles. The molecule has 0 saturated carbocycles. The van der Waals surface area contributed by atoms with Crippen LogP contribution in [0.25, 0.3) is 0 Å². The molecule has 0 amide bonds. The third-order valence-electron chi connectivity index (χ3n) is 4.29. The molecule has 0 aromatic carbocycles. The van der Waals surface area contributed by atoms with E-state index >= 15 is 0 Å². The minimum Gasteiger partial charge on any atom is -0.387 e. The SMILES string of the molecule is CC(C)=CCCC(C)=CCCC(C)=CCCC(C)(O)C1CO1. The number of allylic oxidation sites excluding steroid dienone is 6. The van der Waals surface area contributed by atoms with Gasteiger partial charge in [-0.3, -0.25) is 0 Å². The second kappa shape index (κ2) is 9.32. The lowest BCUT2D eigenvalue weighted by atomic mass is 9.95. The van der Waals surface area contributed by atoms with Crippen molar-refractivity contribution >= 4 is 0 Å². The van der Waals surface area contributed by atoms with Crippen molar-refractivity contribution in [3.63, 3.8) is 0 Å².